The number of likely N-dealkylation sites (N-methyl/N-ethyl adjacent to an activating group) is 1. The SMILES string of the molecule is CN1CCC[C@]23CCN(C(=O)Nc4ccccc4)C[C@H]2[C@H]1Cc1ccc(O)cc13. The number of nitrogens with zero attached hydrogens (tertiary/aromatic N) is 2. The maximum atomic E-state index is 13.0. The minimum Gasteiger partial charge on any atom is -0.508 e. The molecule has 2 fully saturated rings. The molecule has 2 heterocycles. The van der Waals surface area contributed by atoms with E-state index < -0.39 is 0 Å². The molecule has 0 unspecified atom stereocenters. The number of phenolic OH excluding ortho intramolecular Hbond substituents is 1. The minimum atomic E-state index is -0.00726. The van der Waals surface area contributed by atoms with Gasteiger partial charge in [0.25, 0.3) is 0 Å². The van der Waals surface area contributed by atoms with Gasteiger partial charge in [0.05, 0.1) is 0 Å². The number of amides is 2. The Labute approximate surface area is 172 Å². The van der Waals surface area contributed by atoms with Crippen LogP contribution in [-0.2, 0) is 11.8 Å². The molecular formula is C24H29N3O2. The number of likely N-dealkylation sites (tertiary alicyclic amines) is 2. The van der Waals surface area contributed by atoms with Gasteiger partial charge in [-0.25, -0.2) is 4.79 Å². The Morgan fingerprint density at radius 1 is 1.14 bits per heavy atom. The van der Waals surface area contributed by atoms with Gasteiger partial charge >= 0.3 is 6.03 Å². The van der Waals surface area contributed by atoms with Crippen molar-refractivity contribution in [2.45, 2.75) is 37.1 Å². The van der Waals surface area contributed by atoms with Gasteiger partial charge in [-0.2, -0.15) is 0 Å². The van der Waals surface area contributed by atoms with Crippen LogP contribution in [0.15, 0.2) is 48.5 Å². The molecule has 29 heavy (non-hydrogen) atoms. The molecule has 2 aliphatic heterocycles. The Hall–Kier alpha value is -2.53. The predicted molar refractivity (Wildman–Crippen MR) is 114 cm³/mol. The van der Waals surface area contributed by atoms with Gasteiger partial charge in [0.15, 0.2) is 0 Å². The van der Waals surface area contributed by atoms with Crippen LogP contribution in [0.2, 0.25) is 0 Å². The van der Waals surface area contributed by atoms with Crippen molar-refractivity contribution in [1.29, 1.82) is 0 Å². The number of nitrogens with one attached hydrogen (secondary N) is 1. The van der Waals surface area contributed by atoms with E-state index in [1.807, 2.05) is 47.4 Å². The summed E-state index contributed by atoms with van der Waals surface area (Å²) in [5, 5.41) is 13.3. The van der Waals surface area contributed by atoms with Crippen LogP contribution < -0.4 is 5.32 Å². The molecule has 2 aromatic rings. The lowest BCUT2D eigenvalue weighted by molar-refractivity contribution is 0.0490. The van der Waals surface area contributed by atoms with E-state index in [9.17, 15) is 9.90 Å². The molecule has 2 amide bonds. The fraction of sp³-hybridized carbons (Fsp3) is 0.458. The Morgan fingerprint density at radius 3 is 2.79 bits per heavy atom. The largest absolute Gasteiger partial charge is 0.508 e. The molecule has 3 aliphatic rings. The molecule has 0 aromatic heterocycles. The van der Waals surface area contributed by atoms with Crippen LogP contribution in [0.3, 0.4) is 0 Å². The molecule has 2 saturated heterocycles. The summed E-state index contributed by atoms with van der Waals surface area (Å²) in [7, 11) is 2.23. The fourth-order valence-electron chi connectivity index (χ4n) is 6.05. The highest BCUT2D eigenvalue weighted by Gasteiger charge is 2.53. The molecule has 2 aromatic carbocycles. The Morgan fingerprint density at radius 2 is 1.97 bits per heavy atom. The lowest BCUT2D eigenvalue weighted by Crippen LogP contribution is -2.60. The lowest BCUT2D eigenvalue weighted by Gasteiger charge is -2.54. The van der Waals surface area contributed by atoms with Crippen LogP contribution in [0.25, 0.3) is 0 Å². The van der Waals surface area contributed by atoms with Crippen molar-refractivity contribution in [1.82, 2.24) is 9.80 Å². The molecule has 2 bridgehead atoms. The first kappa shape index (κ1) is 18.5. The molecular weight excluding hydrogens is 362 g/mol. The zero-order valence-corrected chi connectivity index (χ0v) is 17.0. The summed E-state index contributed by atoms with van der Waals surface area (Å²) in [6.07, 6.45) is 4.24. The number of carbonyl (C=O) groups excluding carboxylic acids is 1. The topological polar surface area (TPSA) is 55.8 Å². The third-order valence-corrected chi connectivity index (χ3v) is 7.49. The molecule has 0 spiro atoms. The van der Waals surface area contributed by atoms with Crippen molar-refractivity contribution in [3.05, 3.63) is 59.7 Å². The van der Waals surface area contributed by atoms with E-state index in [-0.39, 0.29) is 11.4 Å². The second-order valence-corrected chi connectivity index (χ2v) is 8.95. The van der Waals surface area contributed by atoms with E-state index in [0.717, 1.165) is 51.0 Å². The minimum absolute atomic E-state index is 0.00726. The standard InChI is InChI=1S/C24H29N3O2/c1-26-12-5-10-24-11-13-27(23(29)25-18-6-3-2-4-7-18)16-21(24)22(26)14-17-8-9-19(28)15-20(17)24/h2-4,6-9,15,21-22,28H,5,10-14,16H2,1H3,(H,25,29)/t21-,22+,24+/m0/s1. The predicted octanol–water partition coefficient (Wildman–Crippen LogP) is 3.83. The summed E-state index contributed by atoms with van der Waals surface area (Å²) in [6.45, 7) is 2.61. The van der Waals surface area contributed by atoms with Gasteiger partial charge in [0, 0.05) is 36.2 Å². The first-order valence-corrected chi connectivity index (χ1v) is 10.7. The average Bonchev–Trinajstić information content (AvgIpc) is 2.83. The smallest absolute Gasteiger partial charge is 0.321 e. The first-order valence-electron chi connectivity index (χ1n) is 10.7. The first-order chi connectivity index (χ1) is 14.1. The Bertz CT molecular complexity index is 916. The van der Waals surface area contributed by atoms with Crippen LogP contribution in [0.5, 0.6) is 5.75 Å². The van der Waals surface area contributed by atoms with E-state index in [1.54, 1.807) is 0 Å². The highest BCUT2D eigenvalue weighted by molar-refractivity contribution is 5.89. The molecule has 2 N–H and O–H groups in total. The molecule has 152 valence electrons. The van der Waals surface area contributed by atoms with E-state index >= 15 is 0 Å². The monoisotopic (exact) mass is 391 g/mol. The number of hydrogen-bond acceptors (Lipinski definition) is 3. The fourth-order valence-corrected chi connectivity index (χ4v) is 6.05. The van der Waals surface area contributed by atoms with E-state index in [2.05, 4.69) is 23.3 Å². The van der Waals surface area contributed by atoms with Crippen LogP contribution in [-0.4, -0.2) is 53.7 Å². The number of piperidine rings is 1. The van der Waals surface area contributed by atoms with Gasteiger partial charge in [-0.1, -0.05) is 24.3 Å². The maximum Gasteiger partial charge on any atom is 0.321 e. The molecule has 1 aliphatic carbocycles. The summed E-state index contributed by atoms with van der Waals surface area (Å²) >= 11 is 0. The van der Waals surface area contributed by atoms with E-state index in [4.69, 9.17) is 0 Å². The second-order valence-electron chi connectivity index (χ2n) is 8.95. The number of para-hydroxylation sites is 1. The third-order valence-electron chi connectivity index (χ3n) is 7.49. The number of anilines is 1. The van der Waals surface area contributed by atoms with Gasteiger partial charge in [-0.05, 0) is 74.7 Å². The highest BCUT2D eigenvalue weighted by atomic mass is 16.3. The summed E-state index contributed by atoms with van der Waals surface area (Å²) < 4.78 is 0. The zero-order valence-electron chi connectivity index (χ0n) is 17.0. The van der Waals surface area contributed by atoms with Gasteiger partial charge in [-0.15, -0.1) is 0 Å². The number of rotatable bonds is 1. The van der Waals surface area contributed by atoms with Crippen LogP contribution in [0.1, 0.15) is 30.4 Å². The number of hydrogen-bond donors (Lipinski definition) is 2. The van der Waals surface area contributed by atoms with Crippen LogP contribution in [0, 0.1) is 5.92 Å². The normalized spacial score (nSPS) is 28.8. The summed E-state index contributed by atoms with van der Waals surface area (Å²) in [5.41, 5.74) is 3.61. The lowest BCUT2D eigenvalue weighted by atomic mass is 9.57. The van der Waals surface area contributed by atoms with Crippen molar-refractivity contribution in [2.24, 2.45) is 5.92 Å². The number of aromatic hydroxyl groups is 1. The number of fused-ring (bicyclic) bond motifs is 1. The van der Waals surface area contributed by atoms with Gasteiger partial charge < -0.3 is 20.2 Å². The Balaban J connectivity index is 1.47. The van der Waals surface area contributed by atoms with Crippen molar-refractivity contribution < 1.29 is 9.90 Å². The average molecular weight is 392 g/mol. The summed E-state index contributed by atoms with van der Waals surface area (Å²) in [4.78, 5) is 17.5. The molecule has 5 heteroatoms. The maximum absolute atomic E-state index is 13.0. The molecule has 3 atom stereocenters. The quantitative estimate of drug-likeness (QED) is 0.777. The van der Waals surface area contributed by atoms with Crippen molar-refractivity contribution in [3.8, 4) is 5.75 Å². The third kappa shape index (κ3) is 3.08. The summed E-state index contributed by atoms with van der Waals surface area (Å²) in [5.74, 6) is 0.747. The van der Waals surface area contributed by atoms with E-state index in [0.29, 0.717) is 17.7 Å². The molecule has 0 radical (unpaired) electrons. The molecule has 5 nitrogen and oxygen atoms in total. The van der Waals surface area contributed by atoms with Crippen LogP contribution in [0.4, 0.5) is 10.5 Å². The molecule has 0 saturated carbocycles. The van der Waals surface area contributed by atoms with Crippen molar-refractivity contribution >= 4 is 11.7 Å². The zero-order chi connectivity index (χ0) is 20.0. The van der Waals surface area contributed by atoms with E-state index in [1.165, 1.54) is 11.1 Å². The number of urea groups is 1. The van der Waals surface area contributed by atoms with Gasteiger partial charge in [-0.3, -0.25) is 0 Å². The van der Waals surface area contributed by atoms with Gasteiger partial charge in [0.1, 0.15) is 5.75 Å². The number of phenols is 1. The molecule has 5 rings (SSSR count). The van der Waals surface area contributed by atoms with Crippen molar-refractivity contribution in [2.75, 3.05) is 32.0 Å². The van der Waals surface area contributed by atoms with Crippen molar-refractivity contribution in [3.63, 3.8) is 0 Å². The van der Waals surface area contributed by atoms with Gasteiger partial charge in [0.2, 0.25) is 0 Å². The Kier molecular flexibility index (Phi) is 4.50. The second kappa shape index (κ2) is 7.06. The highest BCUT2D eigenvalue weighted by Crippen LogP contribution is 2.53. The summed E-state index contributed by atoms with van der Waals surface area (Å²) in [6, 6.07) is 16.1. The van der Waals surface area contributed by atoms with Crippen LogP contribution >= 0.6 is 0 Å². The number of benzene rings is 2. The number of carbonyl (C=O) groups is 1.